The van der Waals surface area contributed by atoms with Crippen LogP contribution in [-0.2, 0) is 11.3 Å². The number of aliphatic hydroxyl groups is 1. The topological polar surface area (TPSA) is 88.3 Å². The zero-order chi connectivity index (χ0) is 17.4. The summed E-state index contributed by atoms with van der Waals surface area (Å²) in [5.74, 6) is 1.64. The number of carbonyl (C=O) groups is 1. The standard InChI is InChI=1S/C18H25N3O4/c19-14-8-13(9-15(14)22)18(23)21-5-3-20(4-6-21)10-12-1-2-16-17(7-12)25-11-24-16/h1-2,7,13-15,22H,3-6,8-11,19H2/t13-,14+,15+/m0/s1. The number of hydrogen-bond donors (Lipinski definition) is 2. The molecule has 3 aliphatic rings. The Morgan fingerprint density at radius 1 is 1.16 bits per heavy atom. The summed E-state index contributed by atoms with van der Waals surface area (Å²) in [6.45, 7) is 4.28. The second-order valence-corrected chi connectivity index (χ2v) is 7.19. The van der Waals surface area contributed by atoms with Crippen LogP contribution in [0.2, 0.25) is 0 Å². The summed E-state index contributed by atoms with van der Waals surface area (Å²) in [7, 11) is 0. The van der Waals surface area contributed by atoms with Crippen LogP contribution >= 0.6 is 0 Å². The molecule has 2 fully saturated rings. The van der Waals surface area contributed by atoms with E-state index in [1.165, 1.54) is 5.56 Å². The third-order valence-corrected chi connectivity index (χ3v) is 5.45. The summed E-state index contributed by atoms with van der Waals surface area (Å²) >= 11 is 0. The third kappa shape index (κ3) is 3.44. The quantitative estimate of drug-likeness (QED) is 0.810. The van der Waals surface area contributed by atoms with Crippen molar-refractivity contribution in [3.63, 3.8) is 0 Å². The van der Waals surface area contributed by atoms with Crippen molar-refractivity contribution in [1.29, 1.82) is 0 Å². The average Bonchev–Trinajstić information content (AvgIpc) is 3.21. The van der Waals surface area contributed by atoms with Gasteiger partial charge in [0.25, 0.3) is 0 Å². The lowest BCUT2D eigenvalue weighted by Gasteiger charge is -2.36. The SMILES string of the molecule is N[C@@H]1C[C@H](C(=O)N2CCN(Cc3ccc4c(c3)OCO4)CC2)C[C@H]1O. The van der Waals surface area contributed by atoms with E-state index < -0.39 is 6.10 Å². The zero-order valence-electron chi connectivity index (χ0n) is 14.3. The van der Waals surface area contributed by atoms with Crippen molar-refractivity contribution in [1.82, 2.24) is 9.80 Å². The molecule has 1 amide bonds. The smallest absolute Gasteiger partial charge is 0.231 e. The van der Waals surface area contributed by atoms with E-state index in [9.17, 15) is 9.90 Å². The number of rotatable bonds is 3. The van der Waals surface area contributed by atoms with Gasteiger partial charge in [0.05, 0.1) is 6.10 Å². The Labute approximate surface area is 147 Å². The number of aliphatic hydroxyl groups excluding tert-OH is 1. The molecule has 7 nitrogen and oxygen atoms in total. The number of fused-ring (bicyclic) bond motifs is 1. The van der Waals surface area contributed by atoms with E-state index in [0.717, 1.165) is 44.2 Å². The fourth-order valence-corrected chi connectivity index (χ4v) is 3.93. The molecule has 1 aromatic carbocycles. The summed E-state index contributed by atoms with van der Waals surface area (Å²) in [4.78, 5) is 16.9. The molecule has 1 saturated heterocycles. The van der Waals surface area contributed by atoms with Crippen molar-refractivity contribution in [2.24, 2.45) is 11.7 Å². The van der Waals surface area contributed by atoms with Gasteiger partial charge in [-0.05, 0) is 30.5 Å². The van der Waals surface area contributed by atoms with Gasteiger partial charge in [-0.1, -0.05) is 6.07 Å². The Hall–Kier alpha value is -1.83. The van der Waals surface area contributed by atoms with E-state index in [1.54, 1.807) is 0 Å². The van der Waals surface area contributed by atoms with Gasteiger partial charge in [0.1, 0.15) is 0 Å². The molecule has 0 aromatic heterocycles. The molecule has 2 aliphatic heterocycles. The van der Waals surface area contributed by atoms with Gasteiger partial charge < -0.3 is 25.2 Å². The van der Waals surface area contributed by atoms with E-state index in [2.05, 4.69) is 11.0 Å². The maximum Gasteiger partial charge on any atom is 0.231 e. The van der Waals surface area contributed by atoms with Gasteiger partial charge >= 0.3 is 0 Å². The highest BCUT2D eigenvalue weighted by Crippen LogP contribution is 2.33. The molecule has 0 radical (unpaired) electrons. The summed E-state index contributed by atoms with van der Waals surface area (Å²) in [5, 5.41) is 9.77. The minimum atomic E-state index is -0.541. The molecule has 3 N–H and O–H groups in total. The molecule has 2 heterocycles. The Bertz CT molecular complexity index is 635. The summed E-state index contributed by atoms with van der Waals surface area (Å²) in [6.07, 6.45) is 0.552. The van der Waals surface area contributed by atoms with Crippen LogP contribution in [0.1, 0.15) is 18.4 Å². The maximum absolute atomic E-state index is 12.6. The second kappa shape index (κ2) is 6.82. The third-order valence-electron chi connectivity index (χ3n) is 5.45. The molecule has 3 atom stereocenters. The van der Waals surface area contributed by atoms with Crippen molar-refractivity contribution >= 4 is 5.91 Å². The Balaban J connectivity index is 1.29. The van der Waals surface area contributed by atoms with Crippen molar-refractivity contribution in [2.45, 2.75) is 31.5 Å². The van der Waals surface area contributed by atoms with Crippen molar-refractivity contribution < 1.29 is 19.4 Å². The molecule has 1 aliphatic carbocycles. The molecular formula is C18H25N3O4. The van der Waals surface area contributed by atoms with Crippen LogP contribution in [0.3, 0.4) is 0 Å². The van der Waals surface area contributed by atoms with Crippen LogP contribution in [0.15, 0.2) is 18.2 Å². The Morgan fingerprint density at radius 3 is 2.64 bits per heavy atom. The highest BCUT2D eigenvalue weighted by molar-refractivity contribution is 5.79. The van der Waals surface area contributed by atoms with Crippen LogP contribution in [-0.4, -0.2) is 65.9 Å². The minimum absolute atomic E-state index is 0.120. The monoisotopic (exact) mass is 347 g/mol. The lowest BCUT2D eigenvalue weighted by Crippen LogP contribution is -2.49. The normalized spacial score (nSPS) is 29.2. The minimum Gasteiger partial charge on any atom is -0.454 e. The van der Waals surface area contributed by atoms with Crippen LogP contribution in [0.4, 0.5) is 0 Å². The molecule has 4 rings (SSSR count). The number of hydrogen-bond acceptors (Lipinski definition) is 6. The predicted octanol–water partition coefficient (Wildman–Crippen LogP) is 0.158. The van der Waals surface area contributed by atoms with Gasteiger partial charge in [0, 0.05) is 44.7 Å². The number of nitrogens with zero attached hydrogens (tertiary/aromatic N) is 2. The van der Waals surface area contributed by atoms with Crippen molar-refractivity contribution in [3.05, 3.63) is 23.8 Å². The zero-order valence-corrected chi connectivity index (χ0v) is 14.3. The van der Waals surface area contributed by atoms with Gasteiger partial charge in [-0.3, -0.25) is 9.69 Å². The first kappa shape index (κ1) is 16.6. The fourth-order valence-electron chi connectivity index (χ4n) is 3.93. The number of benzene rings is 1. The lowest BCUT2D eigenvalue weighted by molar-refractivity contribution is -0.137. The van der Waals surface area contributed by atoms with Crippen LogP contribution in [0.5, 0.6) is 11.5 Å². The van der Waals surface area contributed by atoms with E-state index >= 15 is 0 Å². The maximum atomic E-state index is 12.6. The van der Waals surface area contributed by atoms with Gasteiger partial charge in [0.2, 0.25) is 12.7 Å². The van der Waals surface area contributed by atoms with Gasteiger partial charge in [-0.25, -0.2) is 0 Å². The predicted molar refractivity (Wildman–Crippen MR) is 91.1 cm³/mol. The lowest BCUT2D eigenvalue weighted by atomic mass is 10.1. The van der Waals surface area contributed by atoms with Crippen LogP contribution < -0.4 is 15.2 Å². The highest BCUT2D eigenvalue weighted by Gasteiger charge is 2.37. The largest absolute Gasteiger partial charge is 0.454 e. The van der Waals surface area contributed by atoms with E-state index in [1.807, 2.05) is 17.0 Å². The molecule has 0 bridgehead atoms. The Morgan fingerprint density at radius 2 is 1.92 bits per heavy atom. The second-order valence-electron chi connectivity index (χ2n) is 7.19. The molecule has 1 aromatic rings. The van der Waals surface area contributed by atoms with E-state index in [4.69, 9.17) is 15.2 Å². The van der Waals surface area contributed by atoms with Crippen LogP contribution in [0.25, 0.3) is 0 Å². The molecule has 1 saturated carbocycles. The van der Waals surface area contributed by atoms with Crippen molar-refractivity contribution in [2.75, 3.05) is 33.0 Å². The van der Waals surface area contributed by atoms with Crippen molar-refractivity contribution in [3.8, 4) is 11.5 Å². The Kier molecular flexibility index (Phi) is 4.54. The molecule has 0 unspecified atom stereocenters. The molecule has 0 spiro atoms. The first-order valence-electron chi connectivity index (χ1n) is 8.93. The summed E-state index contributed by atoms with van der Waals surface area (Å²) < 4.78 is 10.8. The number of amides is 1. The molecular weight excluding hydrogens is 322 g/mol. The molecule has 136 valence electrons. The number of nitrogens with two attached hydrogens (primary N) is 1. The fraction of sp³-hybridized carbons (Fsp3) is 0.611. The van der Waals surface area contributed by atoms with E-state index in [0.29, 0.717) is 19.6 Å². The number of piperazine rings is 1. The summed E-state index contributed by atoms with van der Waals surface area (Å²) in [5.41, 5.74) is 7.02. The first-order chi connectivity index (χ1) is 12.1. The highest BCUT2D eigenvalue weighted by atomic mass is 16.7. The van der Waals surface area contributed by atoms with Gasteiger partial charge in [0.15, 0.2) is 11.5 Å². The van der Waals surface area contributed by atoms with Gasteiger partial charge in [-0.15, -0.1) is 0 Å². The average molecular weight is 347 g/mol. The van der Waals surface area contributed by atoms with Gasteiger partial charge in [-0.2, -0.15) is 0 Å². The van der Waals surface area contributed by atoms with Crippen LogP contribution in [0, 0.1) is 5.92 Å². The molecule has 25 heavy (non-hydrogen) atoms. The molecule has 7 heteroatoms. The first-order valence-corrected chi connectivity index (χ1v) is 8.93. The number of carbonyl (C=O) groups excluding carboxylic acids is 1. The summed E-state index contributed by atoms with van der Waals surface area (Å²) in [6, 6.07) is 5.78. The van der Waals surface area contributed by atoms with E-state index in [-0.39, 0.29) is 17.9 Å². The number of ether oxygens (including phenoxy) is 2.